The molecule has 4 heteroatoms. The first-order valence-corrected chi connectivity index (χ1v) is 16.6. The van der Waals surface area contributed by atoms with E-state index in [4.69, 9.17) is 13.1 Å². The van der Waals surface area contributed by atoms with Crippen LogP contribution in [0.4, 0.5) is 11.4 Å². The van der Waals surface area contributed by atoms with E-state index in [0.29, 0.717) is 11.4 Å². The predicted molar refractivity (Wildman–Crippen MR) is 192 cm³/mol. The molecule has 0 aliphatic rings. The van der Waals surface area contributed by atoms with E-state index in [2.05, 4.69) is 95.7 Å². The minimum absolute atomic E-state index is 0.595. The second kappa shape index (κ2) is 19.1. The van der Waals surface area contributed by atoms with Crippen molar-refractivity contribution in [1.29, 1.82) is 0 Å². The highest BCUT2D eigenvalue weighted by Gasteiger charge is 2.09. The van der Waals surface area contributed by atoms with Crippen molar-refractivity contribution in [1.82, 2.24) is 0 Å². The lowest BCUT2D eigenvalue weighted by atomic mass is 10.0. The summed E-state index contributed by atoms with van der Waals surface area (Å²) in [5.41, 5.74) is 7.43. The minimum atomic E-state index is 0.595. The molecule has 0 amide bonds. The Morgan fingerprint density at radius 3 is 1.05 bits per heavy atom. The lowest BCUT2D eigenvalue weighted by Gasteiger charge is -2.24. The summed E-state index contributed by atoms with van der Waals surface area (Å²) in [7, 11) is 0. The number of nitrogens with zero attached hydrogens (tertiary/aromatic N) is 4. The summed E-state index contributed by atoms with van der Waals surface area (Å²) in [6.07, 6.45) is 13.4. The number of anilines is 2. The van der Waals surface area contributed by atoms with Gasteiger partial charge < -0.3 is 9.80 Å². The van der Waals surface area contributed by atoms with Gasteiger partial charge in [-0.1, -0.05) is 102 Å². The molecule has 4 nitrogen and oxygen atoms in total. The molecule has 0 heterocycles. The van der Waals surface area contributed by atoms with Crippen LogP contribution in [0.2, 0.25) is 0 Å². The zero-order valence-corrected chi connectivity index (χ0v) is 27.4. The van der Waals surface area contributed by atoms with Crippen LogP contribution in [0.3, 0.4) is 0 Å². The molecule has 0 aliphatic heterocycles. The molecule has 0 aliphatic carbocycles. The summed E-state index contributed by atoms with van der Waals surface area (Å²) in [6.45, 7) is 28.9. The van der Waals surface area contributed by atoms with E-state index in [1.165, 1.54) is 62.7 Å². The van der Waals surface area contributed by atoms with Crippen LogP contribution in [0.15, 0.2) is 72.8 Å². The Morgan fingerprint density at radius 2 is 0.795 bits per heavy atom. The zero-order valence-electron chi connectivity index (χ0n) is 27.4. The van der Waals surface area contributed by atoms with Crippen LogP contribution >= 0.6 is 0 Å². The summed E-state index contributed by atoms with van der Waals surface area (Å²) in [6, 6.07) is 24.9. The Hall–Kier alpha value is -4.28. The van der Waals surface area contributed by atoms with Crippen molar-refractivity contribution in [3.63, 3.8) is 0 Å². The second-order valence-electron chi connectivity index (χ2n) is 11.4. The van der Waals surface area contributed by atoms with Crippen LogP contribution in [-0.4, -0.2) is 26.2 Å². The molecule has 0 saturated carbocycles. The Kier molecular flexibility index (Phi) is 14.8. The van der Waals surface area contributed by atoms with E-state index in [1.54, 1.807) is 0 Å². The average Bonchev–Trinajstić information content (AvgIpc) is 3.07. The lowest BCUT2D eigenvalue weighted by Crippen LogP contribution is -2.25. The van der Waals surface area contributed by atoms with Gasteiger partial charge in [-0.05, 0) is 84.4 Å². The molecule has 44 heavy (non-hydrogen) atoms. The third-order valence-corrected chi connectivity index (χ3v) is 7.97. The van der Waals surface area contributed by atoms with Gasteiger partial charge in [-0.2, -0.15) is 0 Å². The van der Waals surface area contributed by atoms with Gasteiger partial charge in [-0.15, -0.1) is 0 Å². The fourth-order valence-electron chi connectivity index (χ4n) is 5.19. The van der Waals surface area contributed by atoms with Crippen molar-refractivity contribution >= 4 is 34.9 Å². The number of hydrogen-bond donors (Lipinski definition) is 0. The van der Waals surface area contributed by atoms with Crippen molar-refractivity contribution in [3.05, 3.63) is 118 Å². The number of hydrogen-bond acceptors (Lipinski definition) is 2. The van der Waals surface area contributed by atoms with Crippen LogP contribution in [0.1, 0.15) is 101 Å². The van der Waals surface area contributed by atoms with Crippen molar-refractivity contribution < 1.29 is 0 Å². The Balaban J connectivity index is 1.75. The minimum Gasteiger partial charge on any atom is -0.372 e. The molecule has 0 N–H and O–H groups in total. The third kappa shape index (κ3) is 10.5. The van der Waals surface area contributed by atoms with E-state index in [1.807, 2.05) is 36.4 Å². The maximum atomic E-state index is 7.84. The molecule has 0 spiro atoms. The van der Waals surface area contributed by atoms with Crippen molar-refractivity contribution in [2.75, 3.05) is 36.0 Å². The van der Waals surface area contributed by atoms with Crippen molar-refractivity contribution in [3.8, 4) is 0 Å². The first kappa shape index (κ1) is 34.2. The molecule has 0 aromatic heterocycles. The molecule has 3 aromatic carbocycles. The van der Waals surface area contributed by atoms with Crippen LogP contribution in [0.25, 0.3) is 33.2 Å². The van der Waals surface area contributed by atoms with Crippen LogP contribution in [0.5, 0.6) is 0 Å². The normalized spacial score (nSPS) is 11.6. The van der Waals surface area contributed by atoms with Crippen LogP contribution in [0, 0.1) is 13.1 Å². The van der Waals surface area contributed by atoms with Gasteiger partial charge in [0.05, 0.1) is 13.1 Å². The molecule has 3 aromatic rings. The maximum Gasteiger partial charge on any atom is 0.194 e. The predicted octanol–water partition coefficient (Wildman–Crippen LogP) is 11.3. The van der Waals surface area contributed by atoms with Gasteiger partial charge in [0.2, 0.25) is 0 Å². The SMILES string of the molecule is [C-]#[N+]C(=Cc1ccc(N(CCCC)CCCC)cc1)c1ccc(C(=Cc2ccc(N(CCCC)CCCC)cc2)[N+]#[C-])cc1. The van der Waals surface area contributed by atoms with Gasteiger partial charge in [0.15, 0.2) is 11.4 Å². The number of rotatable bonds is 18. The second-order valence-corrected chi connectivity index (χ2v) is 11.4. The quantitative estimate of drug-likeness (QED) is 0.109. The van der Waals surface area contributed by atoms with Gasteiger partial charge in [0, 0.05) is 37.6 Å². The number of benzene rings is 3. The molecular weight excluding hydrogens is 536 g/mol. The Bertz CT molecular complexity index is 1270. The smallest absolute Gasteiger partial charge is 0.194 e. The molecular formula is C40H50N4. The summed E-state index contributed by atoms with van der Waals surface area (Å²) >= 11 is 0. The van der Waals surface area contributed by atoms with Crippen molar-refractivity contribution in [2.45, 2.75) is 79.1 Å². The van der Waals surface area contributed by atoms with Crippen molar-refractivity contribution in [2.24, 2.45) is 0 Å². The Labute approximate surface area is 267 Å². The van der Waals surface area contributed by atoms with Gasteiger partial charge in [-0.25, -0.2) is 9.69 Å². The molecule has 0 radical (unpaired) electrons. The monoisotopic (exact) mass is 586 g/mol. The topological polar surface area (TPSA) is 15.2 Å². The standard InChI is InChI=1S/C40H50N4/c1-7-11-27-43(28-12-8-2)37-23-15-33(16-24-37)31-39(41-5)35-19-21-36(22-20-35)40(42-6)32-34-17-25-38(26-18-34)44(29-13-9-3)30-14-10-4/h15-26,31-32H,7-14,27-30H2,1-4H3. The van der Waals surface area contributed by atoms with Gasteiger partial charge in [-0.3, -0.25) is 0 Å². The van der Waals surface area contributed by atoms with Crippen LogP contribution < -0.4 is 9.80 Å². The fraction of sp³-hybridized carbons (Fsp3) is 0.400. The first-order chi connectivity index (χ1) is 21.6. The van der Waals surface area contributed by atoms with E-state index in [9.17, 15) is 0 Å². The largest absolute Gasteiger partial charge is 0.372 e. The van der Waals surface area contributed by atoms with E-state index in [0.717, 1.165) is 48.4 Å². The fourth-order valence-corrected chi connectivity index (χ4v) is 5.19. The molecule has 0 bridgehead atoms. The zero-order chi connectivity index (χ0) is 31.6. The summed E-state index contributed by atoms with van der Waals surface area (Å²) in [5, 5.41) is 0. The maximum absolute atomic E-state index is 7.84. The van der Waals surface area contributed by atoms with E-state index >= 15 is 0 Å². The first-order valence-electron chi connectivity index (χ1n) is 16.6. The third-order valence-electron chi connectivity index (χ3n) is 7.97. The molecule has 230 valence electrons. The molecule has 0 fully saturated rings. The summed E-state index contributed by atoms with van der Waals surface area (Å²) in [4.78, 5) is 12.6. The van der Waals surface area contributed by atoms with E-state index in [-0.39, 0.29) is 0 Å². The summed E-state index contributed by atoms with van der Waals surface area (Å²) in [5.74, 6) is 0. The van der Waals surface area contributed by atoms with Gasteiger partial charge in [0.25, 0.3) is 0 Å². The lowest BCUT2D eigenvalue weighted by molar-refractivity contribution is 0.678. The Morgan fingerprint density at radius 1 is 0.500 bits per heavy atom. The average molecular weight is 587 g/mol. The summed E-state index contributed by atoms with van der Waals surface area (Å²) < 4.78 is 0. The van der Waals surface area contributed by atoms with E-state index < -0.39 is 0 Å². The van der Waals surface area contributed by atoms with Gasteiger partial charge >= 0.3 is 0 Å². The highest BCUT2D eigenvalue weighted by molar-refractivity contribution is 5.88. The molecule has 0 atom stereocenters. The molecule has 0 unspecified atom stereocenters. The molecule has 3 rings (SSSR count). The number of unbranched alkanes of at least 4 members (excludes halogenated alkanes) is 4. The molecule has 0 saturated heterocycles. The highest BCUT2D eigenvalue weighted by atomic mass is 15.1. The van der Waals surface area contributed by atoms with Crippen LogP contribution in [-0.2, 0) is 0 Å². The van der Waals surface area contributed by atoms with Gasteiger partial charge in [0.1, 0.15) is 0 Å². The highest BCUT2D eigenvalue weighted by Crippen LogP contribution is 2.27.